The maximum absolute atomic E-state index is 12.7. The van der Waals surface area contributed by atoms with Gasteiger partial charge in [-0.05, 0) is 37.5 Å². The molecule has 4 rings (SSSR count). The van der Waals surface area contributed by atoms with Crippen LogP contribution in [0.4, 0.5) is 13.2 Å². The summed E-state index contributed by atoms with van der Waals surface area (Å²) < 4.78 is 38.2. The summed E-state index contributed by atoms with van der Waals surface area (Å²) in [7, 11) is 1.80. The standard InChI is InChI=1S/C19H19F3N4O/c1-26-11-9-18(17(26)27)8-6-15(25-18)16-23-10-7-14(24-16)12-2-4-13(5-3-12)19(20,21)22/h2-5,7,10,15,25H,6,8-9,11H2,1H3/t15-,18+/m1/s1. The van der Waals surface area contributed by atoms with Crippen molar-refractivity contribution < 1.29 is 18.0 Å². The van der Waals surface area contributed by atoms with Crippen LogP contribution in [0.15, 0.2) is 36.5 Å². The first-order valence-corrected chi connectivity index (χ1v) is 8.82. The molecule has 0 bridgehead atoms. The number of hydrogen-bond donors (Lipinski definition) is 1. The molecule has 1 amide bonds. The molecule has 1 N–H and O–H groups in total. The number of alkyl halides is 3. The Morgan fingerprint density at radius 3 is 2.56 bits per heavy atom. The van der Waals surface area contributed by atoms with Gasteiger partial charge in [-0.2, -0.15) is 13.2 Å². The number of nitrogens with zero attached hydrogens (tertiary/aromatic N) is 3. The van der Waals surface area contributed by atoms with Gasteiger partial charge >= 0.3 is 6.18 Å². The molecule has 2 aliphatic rings. The van der Waals surface area contributed by atoms with Crippen molar-refractivity contribution in [2.24, 2.45) is 0 Å². The van der Waals surface area contributed by atoms with E-state index < -0.39 is 17.3 Å². The van der Waals surface area contributed by atoms with Crippen molar-refractivity contribution in [3.63, 3.8) is 0 Å². The van der Waals surface area contributed by atoms with Crippen LogP contribution in [-0.2, 0) is 11.0 Å². The van der Waals surface area contributed by atoms with Crippen molar-refractivity contribution in [1.29, 1.82) is 0 Å². The van der Waals surface area contributed by atoms with Gasteiger partial charge in [0.15, 0.2) is 0 Å². The Morgan fingerprint density at radius 1 is 1.19 bits per heavy atom. The van der Waals surface area contributed by atoms with Crippen LogP contribution in [0.25, 0.3) is 11.3 Å². The molecular formula is C19H19F3N4O. The van der Waals surface area contributed by atoms with Gasteiger partial charge in [0, 0.05) is 25.4 Å². The largest absolute Gasteiger partial charge is 0.416 e. The monoisotopic (exact) mass is 376 g/mol. The van der Waals surface area contributed by atoms with Gasteiger partial charge in [0.05, 0.1) is 17.3 Å². The minimum atomic E-state index is -4.36. The van der Waals surface area contributed by atoms with Crippen LogP contribution in [0.3, 0.4) is 0 Å². The minimum Gasteiger partial charge on any atom is -0.344 e. The van der Waals surface area contributed by atoms with E-state index in [1.54, 1.807) is 24.2 Å². The van der Waals surface area contributed by atoms with Gasteiger partial charge < -0.3 is 4.90 Å². The normalized spacial score (nSPS) is 25.6. The third kappa shape index (κ3) is 3.18. The maximum atomic E-state index is 12.7. The number of hydrogen-bond acceptors (Lipinski definition) is 4. The Hall–Kier alpha value is -2.48. The van der Waals surface area contributed by atoms with Crippen LogP contribution in [0.1, 0.15) is 36.7 Å². The van der Waals surface area contributed by atoms with Gasteiger partial charge in [-0.15, -0.1) is 0 Å². The number of aromatic nitrogens is 2. The summed E-state index contributed by atoms with van der Waals surface area (Å²) in [6.07, 6.45) is -0.523. The second kappa shape index (κ2) is 6.30. The van der Waals surface area contributed by atoms with Crippen LogP contribution in [0.2, 0.25) is 0 Å². The number of carbonyl (C=O) groups excluding carboxylic acids is 1. The first-order chi connectivity index (χ1) is 12.8. The predicted molar refractivity (Wildman–Crippen MR) is 92.6 cm³/mol. The van der Waals surface area contributed by atoms with E-state index >= 15 is 0 Å². The van der Waals surface area contributed by atoms with Crippen molar-refractivity contribution in [2.75, 3.05) is 13.6 Å². The Bertz CT molecular complexity index is 868. The second-order valence-corrected chi connectivity index (χ2v) is 7.17. The number of halogens is 3. The minimum absolute atomic E-state index is 0.101. The van der Waals surface area contributed by atoms with Gasteiger partial charge in [0.2, 0.25) is 5.91 Å². The molecule has 142 valence electrons. The molecule has 0 radical (unpaired) electrons. The summed E-state index contributed by atoms with van der Waals surface area (Å²) in [6.45, 7) is 0.727. The highest BCUT2D eigenvalue weighted by Crippen LogP contribution is 2.38. The first-order valence-electron chi connectivity index (χ1n) is 8.82. The van der Waals surface area contributed by atoms with Crippen LogP contribution >= 0.6 is 0 Å². The average molecular weight is 376 g/mol. The van der Waals surface area contributed by atoms with Crippen LogP contribution in [0, 0.1) is 0 Å². The van der Waals surface area contributed by atoms with Crippen LogP contribution in [0.5, 0.6) is 0 Å². The van der Waals surface area contributed by atoms with Gasteiger partial charge in [-0.1, -0.05) is 12.1 Å². The number of nitrogens with one attached hydrogen (secondary N) is 1. The van der Waals surface area contributed by atoms with Crippen LogP contribution < -0.4 is 5.32 Å². The molecule has 2 atom stereocenters. The predicted octanol–water partition coefficient (Wildman–Crippen LogP) is 3.19. The molecule has 0 unspecified atom stereocenters. The van der Waals surface area contributed by atoms with E-state index in [2.05, 4.69) is 15.3 Å². The topological polar surface area (TPSA) is 58.1 Å². The fourth-order valence-corrected chi connectivity index (χ4v) is 3.89. The molecule has 1 spiro atoms. The summed E-state index contributed by atoms with van der Waals surface area (Å²) in [5.74, 6) is 0.663. The molecule has 1 aromatic carbocycles. The second-order valence-electron chi connectivity index (χ2n) is 7.17. The molecule has 2 aliphatic heterocycles. The molecule has 5 nitrogen and oxygen atoms in total. The molecule has 2 saturated heterocycles. The molecule has 2 aromatic rings. The highest BCUT2D eigenvalue weighted by Gasteiger charge is 2.50. The summed E-state index contributed by atoms with van der Waals surface area (Å²) in [5, 5.41) is 3.41. The fourth-order valence-electron chi connectivity index (χ4n) is 3.89. The molecule has 8 heteroatoms. The van der Waals surface area contributed by atoms with E-state index in [-0.39, 0.29) is 11.9 Å². The lowest BCUT2D eigenvalue weighted by atomic mass is 9.96. The summed E-state index contributed by atoms with van der Waals surface area (Å²) >= 11 is 0. The van der Waals surface area contributed by atoms with Crippen molar-refractivity contribution in [3.05, 3.63) is 47.9 Å². The molecule has 0 saturated carbocycles. The third-order valence-electron chi connectivity index (χ3n) is 5.43. The zero-order chi connectivity index (χ0) is 19.2. The molecule has 27 heavy (non-hydrogen) atoms. The number of likely N-dealkylation sites (N-methyl/N-ethyl adjacent to an activating group) is 1. The van der Waals surface area contributed by atoms with Gasteiger partial charge in [0.25, 0.3) is 0 Å². The number of rotatable bonds is 2. The van der Waals surface area contributed by atoms with E-state index in [0.717, 1.165) is 37.9 Å². The Balaban J connectivity index is 1.56. The highest BCUT2D eigenvalue weighted by atomic mass is 19.4. The van der Waals surface area contributed by atoms with Crippen molar-refractivity contribution in [3.8, 4) is 11.3 Å². The zero-order valence-electron chi connectivity index (χ0n) is 14.8. The maximum Gasteiger partial charge on any atom is 0.416 e. The number of benzene rings is 1. The van der Waals surface area contributed by atoms with Gasteiger partial charge in [-0.25, -0.2) is 9.97 Å². The van der Waals surface area contributed by atoms with E-state index in [4.69, 9.17) is 0 Å². The lowest BCUT2D eigenvalue weighted by Crippen LogP contribution is -2.47. The van der Waals surface area contributed by atoms with E-state index in [0.29, 0.717) is 17.1 Å². The van der Waals surface area contributed by atoms with Crippen molar-refractivity contribution in [2.45, 2.75) is 37.0 Å². The lowest BCUT2D eigenvalue weighted by Gasteiger charge is -2.23. The summed E-state index contributed by atoms with van der Waals surface area (Å²) in [5.41, 5.74) is -0.0705. The molecule has 3 heterocycles. The van der Waals surface area contributed by atoms with Crippen molar-refractivity contribution >= 4 is 5.91 Å². The fraction of sp³-hybridized carbons (Fsp3) is 0.421. The summed E-state index contributed by atoms with van der Waals surface area (Å²) in [6, 6.07) is 6.45. The lowest BCUT2D eigenvalue weighted by molar-refractivity contribution is -0.137. The van der Waals surface area contributed by atoms with E-state index in [1.807, 2.05) is 0 Å². The zero-order valence-corrected chi connectivity index (χ0v) is 14.8. The highest BCUT2D eigenvalue weighted by molar-refractivity contribution is 5.88. The third-order valence-corrected chi connectivity index (χ3v) is 5.43. The molecule has 1 aromatic heterocycles. The van der Waals surface area contributed by atoms with E-state index in [1.165, 1.54) is 12.1 Å². The molecular weight excluding hydrogens is 357 g/mol. The van der Waals surface area contributed by atoms with Crippen molar-refractivity contribution in [1.82, 2.24) is 20.2 Å². The number of amides is 1. The Kier molecular flexibility index (Phi) is 4.18. The number of likely N-dealkylation sites (tertiary alicyclic amines) is 1. The van der Waals surface area contributed by atoms with Crippen LogP contribution in [-0.4, -0.2) is 39.9 Å². The Morgan fingerprint density at radius 2 is 1.93 bits per heavy atom. The smallest absolute Gasteiger partial charge is 0.344 e. The molecule has 2 fully saturated rings. The molecule has 0 aliphatic carbocycles. The van der Waals surface area contributed by atoms with E-state index in [9.17, 15) is 18.0 Å². The first kappa shape index (κ1) is 17.9. The van der Waals surface area contributed by atoms with Gasteiger partial charge in [-0.3, -0.25) is 10.1 Å². The quantitative estimate of drug-likeness (QED) is 0.875. The summed E-state index contributed by atoms with van der Waals surface area (Å²) in [4.78, 5) is 23.0. The Labute approximate surface area is 154 Å². The average Bonchev–Trinajstić information content (AvgIpc) is 3.21. The number of carbonyl (C=O) groups is 1. The van der Waals surface area contributed by atoms with Gasteiger partial charge in [0.1, 0.15) is 11.4 Å². The SMILES string of the molecule is CN1CC[C@@]2(CC[C@H](c3nccc(-c4ccc(C(F)(F)F)cc4)n3)N2)C1=O.